The van der Waals surface area contributed by atoms with Crippen LogP contribution in [0.3, 0.4) is 0 Å². The van der Waals surface area contributed by atoms with Crippen LogP contribution in [-0.2, 0) is 0 Å². The van der Waals surface area contributed by atoms with Crippen LogP contribution < -0.4 is 10.6 Å². The second-order valence-corrected chi connectivity index (χ2v) is 2.55. The van der Waals surface area contributed by atoms with Gasteiger partial charge in [-0.1, -0.05) is 6.07 Å². The van der Waals surface area contributed by atoms with E-state index in [1.165, 1.54) is 5.56 Å². The molecule has 11 heavy (non-hydrogen) atoms. The highest BCUT2D eigenvalue weighted by atomic mass is 15.0. The van der Waals surface area contributed by atoms with E-state index < -0.39 is 0 Å². The standard InChI is InChI=1S/C9H8N2/c1-7-2-3-8-9(6-7)11-5-4-10-8/h2-3,6,10-11H,1H3. The first-order valence-electron chi connectivity index (χ1n) is 3.49. The van der Waals surface area contributed by atoms with Crippen LogP contribution in [0.1, 0.15) is 5.56 Å². The molecule has 0 unspecified atom stereocenters. The molecule has 0 aliphatic carbocycles. The Morgan fingerprint density at radius 1 is 1.09 bits per heavy atom. The molecule has 0 atom stereocenters. The number of aryl methyl sites for hydroxylation is 1. The number of hydrogen-bond acceptors (Lipinski definition) is 2. The Kier molecular flexibility index (Phi) is 1.32. The minimum absolute atomic E-state index is 1.05. The maximum absolute atomic E-state index is 2.98. The molecule has 2 nitrogen and oxygen atoms in total. The molecule has 0 amide bonds. The quantitative estimate of drug-likeness (QED) is 0.581. The van der Waals surface area contributed by atoms with E-state index in [-0.39, 0.29) is 0 Å². The summed E-state index contributed by atoms with van der Waals surface area (Å²) in [5.74, 6) is 0. The summed E-state index contributed by atoms with van der Waals surface area (Å²) in [7, 11) is 0. The highest BCUT2D eigenvalue weighted by Gasteiger charge is 2.02. The topological polar surface area (TPSA) is 24.1 Å². The zero-order valence-electron chi connectivity index (χ0n) is 6.23. The van der Waals surface area contributed by atoms with Crippen molar-refractivity contribution in [2.75, 3.05) is 10.6 Å². The van der Waals surface area contributed by atoms with Crippen molar-refractivity contribution in [3.05, 3.63) is 36.2 Å². The fraction of sp³-hybridized carbons (Fsp3) is 0.111. The van der Waals surface area contributed by atoms with Gasteiger partial charge >= 0.3 is 0 Å². The Morgan fingerprint density at radius 2 is 1.82 bits per heavy atom. The minimum atomic E-state index is 1.05. The van der Waals surface area contributed by atoms with Crippen molar-refractivity contribution < 1.29 is 0 Å². The number of hydrogen-bond donors (Lipinski definition) is 2. The molecule has 2 heteroatoms. The van der Waals surface area contributed by atoms with Crippen LogP contribution in [0.4, 0.5) is 11.4 Å². The first-order valence-corrected chi connectivity index (χ1v) is 3.49. The van der Waals surface area contributed by atoms with Gasteiger partial charge in [0.15, 0.2) is 0 Å². The minimum Gasteiger partial charge on any atom is -0.350 e. The molecule has 1 aromatic rings. The SMILES string of the molecule is Cc1ccc2c(c1)N[C]=[C]N2. The molecular weight excluding hydrogens is 136 g/mol. The Bertz CT molecular complexity index is 302. The third kappa shape index (κ3) is 1.07. The number of anilines is 2. The number of benzene rings is 1. The molecule has 2 radical (unpaired) electrons. The molecular formula is C9H8N2. The van der Waals surface area contributed by atoms with E-state index in [0.29, 0.717) is 0 Å². The van der Waals surface area contributed by atoms with E-state index >= 15 is 0 Å². The maximum Gasteiger partial charge on any atom is 0.0908 e. The lowest BCUT2D eigenvalue weighted by Crippen LogP contribution is -2.03. The molecule has 2 N–H and O–H groups in total. The molecule has 0 spiro atoms. The highest BCUT2D eigenvalue weighted by molar-refractivity contribution is 5.72. The third-order valence-electron chi connectivity index (χ3n) is 1.63. The Hall–Kier alpha value is -1.44. The summed E-state index contributed by atoms with van der Waals surface area (Å²) in [6.07, 6.45) is 5.51. The second kappa shape index (κ2) is 2.31. The summed E-state index contributed by atoms with van der Waals surface area (Å²) in [6.45, 7) is 2.06. The lowest BCUT2D eigenvalue weighted by atomic mass is 10.2. The van der Waals surface area contributed by atoms with Gasteiger partial charge in [-0.15, -0.1) is 0 Å². The monoisotopic (exact) mass is 144 g/mol. The van der Waals surface area contributed by atoms with Crippen LogP contribution in [0.5, 0.6) is 0 Å². The largest absolute Gasteiger partial charge is 0.350 e. The van der Waals surface area contributed by atoms with Gasteiger partial charge in [0.1, 0.15) is 0 Å². The molecule has 0 saturated heterocycles. The van der Waals surface area contributed by atoms with Gasteiger partial charge < -0.3 is 10.6 Å². The van der Waals surface area contributed by atoms with E-state index in [0.717, 1.165) is 11.4 Å². The lowest BCUT2D eigenvalue weighted by molar-refractivity contribution is 1.36. The molecule has 0 bridgehead atoms. The molecule has 0 saturated carbocycles. The second-order valence-electron chi connectivity index (χ2n) is 2.55. The Labute approximate surface area is 65.9 Å². The predicted molar refractivity (Wildman–Crippen MR) is 44.9 cm³/mol. The van der Waals surface area contributed by atoms with Crippen molar-refractivity contribution in [2.24, 2.45) is 0 Å². The van der Waals surface area contributed by atoms with Crippen LogP contribution in [0.2, 0.25) is 0 Å². The Morgan fingerprint density at radius 3 is 2.64 bits per heavy atom. The highest BCUT2D eigenvalue weighted by Crippen LogP contribution is 2.24. The van der Waals surface area contributed by atoms with Crippen molar-refractivity contribution in [3.63, 3.8) is 0 Å². The number of fused-ring (bicyclic) bond motifs is 1. The van der Waals surface area contributed by atoms with Crippen LogP contribution in [0.15, 0.2) is 18.2 Å². The molecule has 1 aliphatic rings. The predicted octanol–water partition coefficient (Wildman–Crippen LogP) is 1.91. The average molecular weight is 144 g/mol. The summed E-state index contributed by atoms with van der Waals surface area (Å²) in [5, 5.41) is 5.95. The fourth-order valence-electron chi connectivity index (χ4n) is 1.07. The van der Waals surface area contributed by atoms with Crippen LogP contribution in [0.25, 0.3) is 0 Å². The molecule has 0 aromatic heterocycles. The van der Waals surface area contributed by atoms with Crippen molar-refractivity contribution in [2.45, 2.75) is 6.92 Å². The normalized spacial score (nSPS) is 13.2. The van der Waals surface area contributed by atoms with E-state index in [1.807, 2.05) is 6.07 Å². The van der Waals surface area contributed by atoms with E-state index in [2.05, 4.69) is 42.1 Å². The smallest absolute Gasteiger partial charge is 0.0908 e. The molecule has 2 rings (SSSR count). The van der Waals surface area contributed by atoms with Gasteiger partial charge in [-0.2, -0.15) is 0 Å². The summed E-state index contributed by atoms with van der Waals surface area (Å²) in [4.78, 5) is 0. The fourth-order valence-corrected chi connectivity index (χ4v) is 1.07. The maximum atomic E-state index is 2.98. The molecule has 1 aliphatic heterocycles. The summed E-state index contributed by atoms with van der Waals surface area (Å²) >= 11 is 0. The van der Waals surface area contributed by atoms with E-state index in [1.54, 1.807) is 0 Å². The molecule has 1 aromatic carbocycles. The van der Waals surface area contributed by atoms with Crippen molar-refractivity contribution >= 4 is 11.4 Å². The van der Waals surface area contributed by atoms with Gasteiger partial charge in [0.25, 0.3) is 0 Å². The van der Waals surface area contributed by atoms with E-state index in [9.17, 15) is 0 Å². The van der Waals surface area contributed by atoms with Crippen LogP contribution >= 0.6 is 0 Å². The van der Waals surface area contributed by atoms with Crippen LogP contribution in [0, 0.1) is 19.3 Å². The van der Waals surface area contributed by atoms with Crippen molar-refractivity contribution in [1.82, 2.24) is 0 Å². The first kappa shape index (κ1) is 6.28. The van der Waals surface area contributed by atoms with Gasteiger partial charge in [-0.3, -0.25) is 0 Å². The average Bonchev–Trinajstić information content (AvgIpc) is 2.04. The summed E-state index contributed by atoms with van der Waals surface area (Å²) < 4.78 is 0. The van der Waals surface area contributed by atoms with Gasteiger partial charge in [-0.05, 0) is 24.6 Å². The van der Waals surface area contributed by atoms with Crippen molar-refractivity contribution in [3.8, 4) is 0 Å². The van der Waals surface area contributed by atoms with Crippen LogP contribution in [-0.4, -0.2) is 0 Å². The van der Waals surface area contributed by atoms with Gasteiger partial charge in [-0.25, -0.2) is 0 Å². The van der Waals surface area contributed by atoms with Crippen molar-refractivity contribution in [1.29, 1.82) is 0 Å². The van der Waals surface area contributed by atoms with Gasteiger partial charge in [0.2, 0.25) is 0 Å². The first-order chi connectivity index (χ1) is 5.36. The summed E-state index contributed by atoms with van der Waals surface area (Å²) in [5.41, 5.74) is 3.35. The Balaban J connectivity index is 2.48. The molecule has 1 heterocycles. The third-order valence-corrected chi connectivity index (χ3v) is 1.63. The number of nitrogens with one attached hydrogen (secondary N) is 2. The van der Waals surface area contributed by atoms with Gasteiger partial charge in [0.05, 0.1) is 23.8 Å². The zero-order valence-corrected chi connectivity index (χ0v) is 6.23. The molecule has 0 fully saturated rings. The zero-order chi connectivity index (χ0) is 7.68. The van der Waals surface area contributed by atoms with E-state index in [4.69, 9.17) is 0 Å². The molecule has 54 valence electrons. The number of rotatable bonds is 0. The van der Waals surface area contributed by atoms with Gasteiger partial charge in [0, 0.05) is 0 Å². The summed E-state index contributed by atoms with van der Waals surface area (Å²) in [6, 6.07) is 6.14. The lowest BCUT2D eigenvalue weighted by Gasteiger charge is -2.12.